The van der Waals surface area contributed by atoms with Crippen molar-refractivity contribution >= 4 is 22.6 Å². The number of fused-ring (bicyclic) bond motifs is 1. The number of benzene rings is 1. The number of carbonyl (C=O) groups excluding carboxylic acids is 1. The minimum Gasteiger partial charge on any atom is -0.326 e. The number of imidazole rings is 1. The van der Waals surface area contributed by atoms with Crippen molar-refractivity contribution in [3.63, 3.8) is 0 Å². The molecule has 0 aliphatic carbocycles. The van der Waals surface area contributed by atoms with Gasteiger partial charge in [0.25, 0.3) is 0 Å². The Labute approximate surface area is 100 Å². The highest BCUT2D eigenvalue weighted by molar-refractivity contribution is 5.91. The standard InChI is InChI=1S/C11H10F3N3O/c1-6(18)15-7-3-4-9-8(5-7)16-10(17(9)2)11(12,13)14/h3-5H,1-2H3,(H,15,18). The number of aromatic nitrogens is 2. The van der Waals surface area contributed by atoms with E-state index in [0.29, 0.717) is 11.2 Å². The Balaban J connectivity index is 2.55. The average Bonchev–Trinajstić information content (AvgIpc) is 2.54. The van der Waals surface area contributed by atoms with Gasteiger partial charge in [0.05, 0.1) is 11.0 Å². The maximum absolute atomic E-state index is 12.6. The highest BCUT2D eigenvalue weighted by Crippen LogP contribution is 2.31. The molecule has 1 heterocycles. The molecule has 0 aliphatic rings. The fraction of sp³-hybridized carbons (Fsp3) is 0.273. The summed E-state index contributed by atoms with van der Waals surface area (Å²) in [5, 5.41) is 2.49. The van der Waals surface area contributed by atoms with Crippen LogP contribution in [0.3, 0.4) is 0 Å². The van der Waals surface area contributed by atoms with Gasteiger partial charge in [-0.2, -0.15) is 13.2 Å². The van der Waals surface area contributed by atoms with E-state index < -0.39 is 12.0 Å². The summed E-state index contributed by atoms with van der Waals surface area (Å²) in [6, 6.07) is 4.43. The van der Waals surface area contributed by atoms with Gasteiger partial charge in [-0.1, -0.05) is 0 Å². The van der Waals surface area contributed by atoms with Crippen LogP contribution in [0.5, 0.6) is 0 Å². The zero-order chi connectivity index (χ0) is 13.5. The van der Waals surface area contributed by atoms with E-state index in [4.69, 9.17) is 0 Å². The van der Waals surface area contributed by atoms with Crippen LogP contribution < -0.4 is 5.32 Å². The number of amides is 1. The molecule has 2 rings (SSSR count). The first-order chi connectivity index (χ1) is 8.29. The van der Waals surface area contributed by atoms with Gasteiger partial charge in [-0.25, -0.2) is 4.98 Å². The predicted molar refractivity (Wildman–Crippen MR) is 60.0 cm³/mol. The molecule has 0 radical (unpaired) electrons. The number of anilines is 1. The molecular formula is C11H10F3N3O. The highest BCUT2D eigenvalue weighted by atomic mass is 19.4. The number of carbonyl (C=O) groups is 1. The third-order valence-electron chi connectivity index (χ3n) is 2.45. The molecule has 0 saturated carbocycles. The van der Waals surface area contributed by atoms with Crippen molar-refractivity contribution in [3.05, 3.63) is 24.0 Å². The largest absolute Gasteiger partial charge is 0.449 e. The zero-order valence-corrected chi connectivity index (χ0v) is 9.67. The van der Waals surface area contributed by atoms with Crippen LogP contribution in [0, 0.1) is 0 Å². The van der Waals surface area contributed by atoms with Gasteiger partial charge in [-0.15, -0.1) is 0 Å². The predicted octanol–water partition coefficient (Wildman–Crippen LogP) is 2.55. The summed E-state index contributed by atoms with van der Waals surface area (Å²) >= 11 is 0. The summed E-state index contributed by atoms with van der Waals surface area (Å²) in [6.07, 6.45) is -4.50. The number of halogens is 3. The van der Waals surface area contributed by atoms with Crippen molar-refractivity contribution in [2.75, 3.05) is 5.32 Å². The van der Waals surface area contributed by atoms with Crippen LogP contribution in [-0.4, -0.2) is 15.5 Å². The van der Waals surface area contributed by atoms with E-state index in [2.05, 4.69) is 10.3 Å². The second-order valence-electron chi connectivity index (χ2n) is 3.88. The molecule has 0 bridgehead atoms. The van der Waals surface area contributed by atoms with E-state index in [1.807, 2.05) is 0 Å². The van der Waals surface area contributed by atoms with Crippen molar-refractivity contribution < 1.29 is 18.0 Å². The average molecular weight is 257 g/mol. The molecule has 1 N–H and O–H groups in total. The normalized spacial score (nSPS) is 11.8. The minimum atomic E-state index is -4.50. The third-order valence-corrected chi connectivity index (χ3v) is 2.45. The lowest BCUT2D eigenvalue weighted by molar-refractivity contribution is -0.146. The van der Waals surface area contributed by atoms with Crippen molar-refractivity contribution in [3.8, 4) is 0 Å². The van der Waals surface area contributed by atoms with Gasteiger partial charge in [0.15, 0.2) is 0 Å². The summed E-state index contributed by atoms with van der Waals surface area (Å²) in [5.74, 6) is -1.25. The molecule has 0 unspecified atom stereocenters. The number of alkyl halides is 3. The number of hydrogen-bond acceptors (Lipinski definition) is 2. The molecule has 4 nitrogen and oxygen atoms in total. The van der Waals surface area contributed by atoms with Crippen molar-refractivity contribution in [2.24, 2.45) is 7.05 Å². The molecule has 18 heavy (non-hydrogen) atoms. The molecular weight excluding hydrogens is 247 g/mol. The molecule has 0 spiro atoms. The van der Waals surface area contributed by atoms with Gasteiger partial charge in [-0.05, 0) is 18.2 Å². The maximum Gasteiger partial charge on any atom is 0.449 e. The summed E-state index contributed by atoms with van der Waals surface area (Å²) in [6.45, 7) is 1.32. The van der Waals surface area contributed by atoms with Crippen LogP contribution in [0.4, 0.5) is 18.9 Å². The molecule has 1 amide bonds. The first-order valence-electron chi connectivity index (χ1n) is 5.10. The highest BCUT2D eigenvalue weighted by Gasteiger charge is 2.36. The van der Waals surface area contributed by atoms with Crippen LogP contribution in [0.2, 0.25) is 0 Å². The summed E-state index contributed by atoms with van der Waals surface area (Å²) in [7, 11) is 1.30. The lowest BCUT2D eigenvalue weighted by atomic mass is 10.2. The Morgan fingerprint density at radius 1 is 1.39 bits per heavy atom. The van der Waals surface area contributed by atoms with Crippen LogP contribution >= 0.6 is 0 Å². The Kier molecular flexibility index (Phi) is 2.76. The fourth-order valence-corrected chi connectivity index (χ4v) is 1.73. The molecule has 0 saturated heterocycles. The van der Waals surface area contributed by atoms with Crippen LogP contribution in [-0.2, 0) is 18.0 Å². The third kappa shape index (κ3) is 2.15. The van der Waals surface area contributed by atoms with Crippen molar-refractivity contribution in [1.82, 2.24) is 9.55 Å². The van der Waals surface area contributed by atoms with E-state index >= 15 is 0 Å². The lowest BCUT2D eigenvalue weighted by Crippen LogP contribution is -2.12. The minimum absolute atomic E-state index is 0.191. The van der Waals surface area contributed by atoms with Crippen LogP contribution in [0.1, 0.15) is 12.7 Å². The molecule has 0 fully saturated rings. The Hall–Kier alpha value is -2.05. The van der Waals surface area contributed by atoms with Gasteiger partial charge >= 0.3 is 6.18 Å². The molecule has 1 aromatic heterocycles. The Morgan fingerprint density at radius 3 is 2.61 bits per heavy atom. The van der Waals surface area contributed by atoms with E-state index in [1.54, 1.807) is 0 Å². The molecule has 96 valence electrons. The van der Waals surface area contributed by atoms with E-state index in [-0.39, 0.29) is 11.4 Å². The topological polar surface area (TPSA) is 46.9 Å². The molecule has 0 atom stereocenters. The number of hydrogen-bond donors (Lipinski definition) is 1. The van der Waals surface area contributed by atoms with Crippen LogP contribution in [0.15, 0.2) is 18.2 Å². The second kappa shape index (κ2) is 4.01. The lowest BCUT2D eigenvalue weighted by Gasteiger charge is -2.05. The summed E-state index contributed by atoms with van der Waals surface area (Å²) < 4.78 is 38.9. The van der Waals surface area contributed by atoms with E-state index in [9.17, 15) is 18.0 Å². The van der Waals surface area contributed by atoms with E-state index in [0.717, 1.165) is 4.57 Å². The molecule has 1 aromatic carbocycles. The quantitative estimate of drug-likeness (QED) is 0.853. The number of nitrogens with one attached hydrogen (secondary N) is 1. The van der Waals surface area contributed by atoms with Gasteiger partial charge in [0, 0.05) is 19.7 Å². The van der Waals surface area contributed by atoms with Gasteiger partial charge in [0.2, 0.25) is 11.7 Å². The molecule has 2 aromatic rings. The maximum atomic E-state index is 12.6. The van der Waals surface area contributed by atoms with Crippen LogP contribution in [0.25, 0.3) is 11.0 Å². The first kappa shape index (κ1) is 12.4. The molecule has 7 heteroatoms. The zero-order valence-electron chi connectivity index (χ0n) is 9.67. The molecule has 0 aliphatic heterocycles. The van der Waals surface area contributed by atoms with Crippen molar-refractivity contribution in [2.45, 2.75) is 13.1 Å². The number of rotatable bonds is 1. The summed E-state index contributed by atoms with van der Waals surface area (Å²) in [5.41, 5.74) is 0.967. The fourth-order valence-electron chi connectivity index (χ4n) is 1.73. The Morgan fingerprint density at radius 2 is 2.06 bits per heavy atom. The Bertz CT molecular complexity index is 616. The monoisotopic (exact) mass is 257 g/mol. The van der Waals surface area contributed by atoms with Gasteiger partial charge < -0.3 is 9.88 Å². The summed E-state index contributed by atoms with van der Waals surface area (Å²) in [4.78, 5) is 14.4. The first-order valence-corrected chi connectivity index (χ1v) is 5.10. The van der Waals surface area contributed by atoms with E-state index in [1.165, 1.54) is 32.2 Å². The number of nitrogens with zero attached hydrogens (tertiary/aromatic N) is 2. The van der Waals surface area contributed by atoms with Gasteiger partial charge in [0.1, 0.15) is 0 Å². The van der Waals surface area contributed by atoms with Gasteiger partial charge in [-0.3, -0.25) is 4.79 Å². The SMILES string of the molecule is CC(=O)Nc1ccc2c(c1)nc(C(F)(F)F)n2C. The number of aryl methyl sites for hydroxylation is 1. The second-order valence-corrected chi connectivity index (χ2v) is 3.88. The smallest absolute Gasteiger partial charge is 0.326 e. The van der Waals surface area contributed by atoms with Crippen molar-refractivity contribution in [1.29, 1.82) is 0 Å².